The van der Waals surface area contributed by atoms with Crippen molar-refractivity contribution in [1.29, 1.82) is 0 Å². The largest absolute Gasteiger partial charge is 0.496 e. The molecule has 2 heterocycles. The van der Waals surface area contributed by atoms with Crippen LogP contribution in [0.5, 0.6) is 5.75 Å². The highest BCUT2D eigenvalue weighted by Crippen LogP contribution is 2.31. The first-order valence-electron chi connectivity index (χ1n) is 8.96. The lowest BCUT2D eigenvalue weighted by Gasteiger charge is -2.35. The average Bonchev–Trinajstić information content (AvgIpc) is 3.15. The summed E-state index contributed by atoms with van der Waals surface area (Å²) in [5.41, 5.74) is 0.735. The molecule has 0 aliphatic carbocycles. The first-order valence-corrected chi connectivity index (χ1v) is 10.2. The van der Waals surface area contributed by atoms with Gasteiger partial charge in [0.05, 0.1) is 17.9 Å². The summed E-state index contributed by atoms with van der Waals surface area (Å²) < 4.78 is 5.36. The van der Waals surface area contributed by atoms with E-state index >= 15 is 0 Å². The predicted octanol–water partition coefficient (Wildman–Crippen LogP) is 2.78. The molecule has 0 saturated carbocycles. The quantitative estimate of drug-likeness (QED) is 0.739. The first-order chi connectivity index (χ1) is 13.0. The van der Waals surface area contributed by atoms with E-state index in [9.17, 15) is 4.79 Å². The average molecular weight is 410 g/mol. The third kappa shape index (κ3) is 4.75. The van der Waals surface area contributed by atoms with E-state index in [2.05, 4.69) is 27.0 Å². The number of aromatic nitrogens is 3. The van der Waals surface area contributed by atoms with Crippen LogP contribution in [0.25, 0.3) is 11.4 Å². The number of hydrogen-bond donors (Lipinski definition) is 1. The van der Waals surface area contributed by atoms with E-state index in [0.717, 1.165) is 38.3 Å². The SMILES string of the molecule is CCN1CCN(C(=O)[C@@H](C)Sc2n[nH]c(-c3cc(Cl)ccc3OC)n2)CC1. The Morgan fingerprint density at radius 3 is 2.78 bits per heavy atom. The van der Waals surface area contributed by atoms with E-state index in [1.54, 1.807) is 25.3 Å². The fraction of sp³-hybridized carbons (Fsp3) is 0.500. The van der Waals surface area contributed by atoms with Gasteiger partial charge < -0.3 is 14.5 Å². The molecule has 27 heavy (non-hydrogen) atoms. The van der Waals surface area contributed by atoms with Crippen LogP contribution in [0.2, 0.25) is 5.02 Å². The number of nitrogens with one attached hydrogen (secondary N) is 1. The van der Waals surface area contributed by atoms with Crippen molar-refractivity contribution in [3.63, 3.8) is 0 Å². The Morgan fingerprint density at radius 1 is 1.37 bits per heavy atom. The Kier molecular flexibility index (Phi) is 6.62. The molecule has 1 saturated heterocycles. The molecule has 9 heteroatoms. The number of hydrogen-bond acceptors (Lipinski definition) is 6. The monoisotopic (exact) mass is 409 g/mol. The minimum Gasteiger partial charge on any atom is -0.496 e. The second kappa shape index (κ2) is 8.95. The molecule has 1 amide bonds. The second-order valence-electron chi connectivity index (χ2n) is 6.33. The smallest absolute Gasteiger partial charge is 0.235 e. The van der Waals surface area contributed by atoms with Crippen molar-refractivity contribution in [2.24, 2.45) is 0 Å². The molecular weight excluding hydrogens is 386 g/mol. The van der Waals surface area contributed by atoms with Crippen molar-refractivity contribution < 1.29 is 9.53 Å². The van der Waals surface area contributed by atoms with Crippen molar-refractivity contribution >= 4 is 29.3 Å². The molecule has 0 bridgehead atoms. The summed E-state index contributed by atoms with van der Waals surface area (Å²) in [5.74, 6) is 1.35. The van der Waals surface area contributed by atoms with Gasteiger partial charge in [-0.05, 0) is 31.7 Å². The lowest BCUT2D eigenvalue weighted by Crippen LogP contribution is -2.50. The van der Waals surface area contributed by atoms with Gasteiger partial charge in [-0.25, -0.2) is 4.98 Å². The predicted molar refractivity (Wildman–Crippen MR) is 107 cm³/mol. The van der Waals surface area contributed by atoms with Crippen LogP contribution in [0.4, 0.5) is 0 Å². The lowest BCUT2D eigenvalue weighted by molar-refractivity contribution is -0.132. The van der Waals surface area contributed by atoms with Gasteiger partial charge in [-0.2, -0.15) is 0 Å². The van der Waals surface area contributed by atoms with Crippen molar-refractivity contribution in [2.75, 3.05) is 39.8 Å². The van der Waals surface area contributed by atoms with E-state index < -0.39 is 0 Å². The van der Waals surface area contributed by atoms with Crippen molar-refractivity contribution in [3.8, 4) is 17.1 Å². The van der Waals surface area contributed by atoms with Crippen LogP contribution in [0, 0.1) is 0 Å². The highest BCUT2D eigenvalue weighted by atomic mass is 35.5. The molecule has 2 aromatic rings. The van der Waals surface area contributed by atoms with Gasteiger partial charge >= 0.3 is 0 Å². The number of ether oxygens (including phenoxy) is 1. The van der Waals surface area contributed by atoms with Crippen LogP contribution in [0.3, 0.4) is 0 Å². The summed E-state index contributed by atoms with van der Waals surface area (Å²) in [7, 11) is 1.60. The van der Waals surface area contributed by atoms with Crippen LogP contribution in [0.1, 0.15) is 13.8 Å². The summed E-state index contributed by atoms with van der Waals surface area (Å²) in [4.78, 5) is 21.5. The number of aromatic amines is 1. The molecule has 1 N–H and O–H groups in total. The Labute approximate surface area is 168 Å². The fourth-order valence-electron chi connectivity index (χ4n) is 3.03. The number of nitrogens with zero attached hydrogens (tertiary/aromatic N) is 4. The summed E-state index contributed by atoms with van der Waals surface area (Å²) in [5, 5.41) is 8.02. The number of benzene rings is 1. The molecule has 1 aromatic heterocycles. The number of rotatable bonds is 6. The number of thioether (sulfide) groups is 1. The third-order valence-corrected chi connectivity index (χ3v) is 5.83. The number of carbonyl (C=O) groups excluding carboxylic acids is 1. The van der Waals surface area contributed by atoms with Crippen LogP contribution in [-0.2, 0) is 4.79 Å². The van der Waals surface area contributed by atoms with Gasteiger partial charge in [-0.3, -0.25) is 9.89 Å². The van der Waals surface area contributed by atoms with E-state index in [-0.39, 0.29) is 11.2 Å². The molecule has 0 radical (unpaired) electrons. The fourth-order valence-corrected chi connectivity index (χ4v) is 4.02. The number of H-pyrrole nitrogens is 1. The minimum atomic E-state index is -0.247. The Morgan fingerprint density at radius 2 is 2.11 bits per heavy atom. The molecule has 1 aliphatic heterocycles. The maximum atomic E-state index is 12.7. The summed E-state index contributed by atoms with van der Waals surface area (Å²) in [6.07, 6.45) is 0. The van der Waals surface area contributed by atoms with Gasteiger partial charge in [0, 0.05) is 31.2 Å². The minimum absolute atomic E-state index is 0.127. The number of methoxy groups -OCH3 is 1. The number of piperazine rings is 1. The van der Waals surface area contributed by atoms with E-state index in [4.69, 9.17) is 16.3 Å². The van der Waals surface area contributed by atoms with Crippen LogP contribution in [0.15, 0.2) is 23.4 Å². The molecule has 1 aromatic carbocycles. The number of likely N-dealkylation sites (N-methyl/N-ethyl adjacent to an activating group) is 1. The molecule has 3 rings (SSSR count). The molecule has 0 unspecified atom stereocenters. The van der Waals surface area contributed by atoms with Crippen LogP contribution >= 0.6 is 23.4 Å². The van der Waals surface area contributed by atoms with Crippen molar-refractivity contribution in [1.82, 2.24) is 25.0 Å². The van der Waals surface area contributed by atoms with Crippen LogP contribution in [-0.4, -0.2) is 76.0 Å². The maximum Gasteiger partial charge on any atom is 0.235 e. The van der Waals surface area contributed by atoms with E-state index in [1.807, 2.05) is 11.8 Å². The van der Waals surface area contributed by atoms with Gasteiger partial charge in [-0.1, -0.05) is 30.3 Å². The normalized spacial score (nSPS) is 16.4. The molecule has 0 spiro atoms. The van der Waals surface area contributed by atoms with E-state index in [1.165, 1.54) is 11.8 Å². The van der Waals surface area contributed by atoms with Gasteiger partial charge in [0.2, 0.25) is 11.1 Å². The van der Waals surface area contributed by atoms with Crippen LogP contribution < -0.4 is 4.74 Å². The number of halogens is 1. The second-order valence-corrected chi connectivity index (χ2v) is 8.08. The standard InChI is InChI=1S/C18H24ClN5O2S/c1-4-23-7-9-24(10-8-23)17(25)12(2)27-18-20-16(21-22-18)14-11-13(19)5-6-15(14)26-3/h5-6,11-12H,4,7-10H2,1-3H3,(H,20,21,22)/t12-/m1/s1. The molecule has 1 aliphatic rings. The number of carbonyl (C=O) groups is 1. The van der Waals surface area contributed by atoms with Gasteiger partial charge in [0.15, 0.2) is 5.82 Å². The highest BCUT2D eigenvalue weighted by molar-refractivity contribution is 8.00. The first kappa shape index (κ1) is 20.0. The Bertz CT molecular complexity index is 792. The summed E-state index contributed by atoms with van der Waals surface area (Å²) >= 11 is 7.44. The van der Waals surface area contributed by atoms with Crippen molar-refractivity contribution in [3.05, 3.63) is 23.2 Å². The lowest BCUT2D eigenvalue weighted by atomic mass is 10.2. The Balaban J connectivity index is 1.65. The van der Waals surface area contributed by atoms with E-state index in [0.29, 0.717) is 21.8 Å². The highest BCUT2D eigenvalue weighted by Gasteiger charge is 2.26. The maximum absolute atomic E-state index is 12.7. The third-order valence-electron chi connectivity index (χ3n) is 4.64. The summed E-state index contributed by atoms with van der Waals surface area (Å²) in [6, 6.07) is 5.32. The zero-order chi connectivity index (χ0) is 19.4. The van der Waals surface area contributed by atoms with Gasteiger partial charge in [0.1, 0.15) is 5.75 Å². The zero-order valence-electron chi connectivity index (χ0n) is 15.7. The molecule has 146 valence electrons. The zero-order valence-corrected chi connectivity index (χ0v) is 17.3. The topological polar surface area (TPSA) is 74.3 Å². The summed E-state index contributed by atoms with van der Waals surface area (Å²) in [6.45, 7) is 8.48. The van der Waals surface area contributed by atoms with Gasteiger partial charge in [0.25, 0.3) is 0 Å². The van der Waals surface area contributed by atoms with Gasteiger partial charge in [-0.15, -0.1) is 5.10 Å². The number of amides is 1. The molecule has 7 nitrogen and oxygen atoms in total. The van der Waals surface area contributed by atoms with Crippen molar-refractivity contribution in [2.45, 2.75) is 24.3 Å². The Hall–Kier alpha value is -1.77. The molecular formula is C18H24ClN5O2S. The molecule has 1 fully saturated rings. The molecule has 1 atom stereocenters.